The van der Waals surface area contributed by atoms with Gasteiger partial charge in [0.05, 0.1) is 0 Å². The molecule has 0 bridgehead atoms. The summed E-state index contributed by atoms with van der Waals surface area (Å²) in [7, 11) is 0. The molecule has 2 heteroatoms. The first-order valence-electron chi connectivity index (χ1n) is 6.22. The number of anilines is 1. The Morgan fingerprint density at radius 2 is 2.06 bits per heavy atom. The first kappa shape index (κ1) is 11.5. The fourth-order valence-electron chi connectivity index (χ4n) is 2.41. The third-order valence-electron chi connectivity index (χ3n) is 3.40. The molecule has 1 fully saturated rings. The Hall–Kier alpha value is -1.02. The topological polar surface area (TPSA) is 15.3 Å². The Balaban J connectivity index is 2.16. The second kappa shape index (κ2) is 4.88. The molecule has 1 atom stereocenters. The molecule has 1 aliphatic rings. The maximum absolute atomic E-state index is 3.53. The highest BCUT2D eigenvalue weighted by Gasteiger charge is 2.14. The summed E-state index contributed by atoms with van der Waals surface area (Å²) in [5, 5.41) is 3.53. The minimum absolute atomic E-state index is 0.649. The number of hydrogen-bond donors (Lipinski definition) is 1. The van der Waals surface area contributed by atoms with Gasteiger partial charge in [0, 0.05) is 31.4 Å². The van der Waals surface area contributed by atoms with E-state index < -0.39 is 0 Å². The molecule has 16 heavy (non-hydrogen) atoms. The van der Waals surface area contributed by atoms with Crippen molar-refractivity contribution in [2.24, 2.45) is 0 Å². The molecule has 0 saturated carbocycles. The molecule has 0 aliphatic carbocycles. The quantitative estimate of drug-likeness (QED) is 0.779. The van der Waals surface area contributed by atoms with E-state index in [0.29, 0.717) is 6.04 Å². The van der Waals surface area contributed by atoms with Gasteiger partial charge in [0.1, 0.15) is 0 Å². The Morgan fingerprint density at radius 1 is 1.25 bits per heavy atom. The lowest BCUT2D eigenvalue weighted by atomic mass is 10.1. The van der Waals surface area contributed by atoms with E-state index >= 15 is 0 Å². The van der Waals surface area contributed by atoms with Crippen molar-refractivity contribution in [3.63, 3.8) is 0 Å². The molecule has 0 aromatic heterocycles. The number of benzene rings is 1. The van der Waals surface area contributed by atoms with Crippen LogP contribution in [0.15, 0.2) is 18.2 Å². The minimum Gasteiger partial charge on any atom is -0.370 e. The Morgan fingerprint density at radius 3 is 2.81 bits per heavy atom. The van der Waals surface area contributed by atoms with Crippen LogP contribution >= 0.6 is 0 Å². The van der Waals surface area contributed by atoms with Gasteiger partial charge in [-0.1, -0.05) is 17.7 Å². The van der Waals surface area contributed by atoms with Gasteiger partial charge in [0.2, 0.25) is 0 Å². The van der Waals surface area contributed by atoms with E-state index in [1.807, 2.05) is 0 Å². The van der Waals surface area contributed by atoms with Crippen LogP contribution in [0.5, 0.6) is 0 Å². The van der Waals surface area contributed by atoms with Crippen LogP contribution in [-0.2, 0) is 0 Å². The summed E-state index contributed by atoms with van der Waals surface area (Å²) in [5.74, 6) is 0. The smallest absolute Gasteiger partial charge is 0.0396 e. The molecule has 1 unspecified atom stereocenters. The zero-order valence-electron chi connectivity index (χ0n) is 10.6. The fourth-order valence-corrected chi connectivity index (χ4v) is 2.41. The SMILES string of the molecule is Cc1ccc(N2CCNC(C)CC2)c(C)c1. The second-order valence-electron chi connectivity index (χ2n) is 4.92. The largest absolute Gasteiger partial charge is 0.370 e. The Kier molecular flexibility index (Phi) is 3.49. The van der Waals surface area contributed by atoms with Gasteiger partial charge in [0.25, 0.3) is 0 Å². The molecule has 1 aromatic carbocycles. The molecule has 1 aliphatic heterocycles. The van der Waals surface area contributed by atoms with E-state index in [2.05, 4.69) is 49.2 Å². The Bertz CT molecular complexity index is 360. The van der Waals surface area contributed by atoms with Gasteiger partial charge < -0.3 is 10.2 Å². The van der Waals surface area contributed by atoms with Crippen LogP contribution in [-0.4, -0.2) is 25.7 Å². The molecule has 1 N–H and O–H groups in total. The lowest BCUT2D eigenvalue weighted by Crippen LogP contribution is -2.29. The summed E-state index contributed by atoms with van der Waals surface area (Å²) in [6.07, 6.45) is 1.23. The van der Waals surface area contributed by atoms with E-state index in [4.69, 9.17) is 0 Å². The number of hydrogen-bond acceptors (Lipinski definition) is 2. The summed E-state index contributed by atoms with van der Waals surface area (Å²) in [5.41, 5.74) is 4.15. The zero-order chi connectivity index (χ0) is 11.5. The van der Waals surface area contributed by atoms with E-state index in [1.54, 1.807) is 0 Å². The molecule has 2 nitrogen and oxygen atoms in total. The van der Waals surface area contributed by atoms with Crippen LogP contribution < -0.4 is 10.2 Å². The molecule has 0 spiro atoms. The molecule has 2 rings (SSSR count). The molecule has 0 amide bonds. The highest BCUT2D eigenvalue weighted by molar-refractivity contribution is 5.54. The third-order valence-corrected chi connectivity index (χ3v) is 3.40. The molecule has 1 aromatic rings. The summed E-state index contributed by atoms with van der Waals surface area (Å²) in [6.45, 7) is 10.0. The van der Waals surface area contributed by atoms with Crippen molar-refractivity contribution in [1.29, 1.82) is 0 Å². The average Bonchev–Trinajstić information content (AvgIpc) is 2.43. The van der Waals surface area contributed by atoms with Crippen molar-refractivity contribution in [3.05, 3.63) is 29.3 Å². The van der Waals surface area contributed by atoms with Crippen LogP contribution in [0.4, 0.5) is 5.69 Å². The van der Waals surface area contributed by atoms with Crippen molar-refractivity contribution < 1.29 is 0 Å². The van der Waals surface area contributed by atoms with Crippen LogP contribution in [0.2, 0.25) is 0 Å². The third kappa shape index (κ3) is 2.56. The highest BCUT2D eigenvalue weighted by atomic mass is 15.2. The van der Waals surface area contributed by atoms with Gasteiger partial charge in [-0.05, 0) is 38.8 Å². The normalized spacial score (nSPS) is 21.9. The van der Waals surface area contributed by atoms with Gasteiger partial charge in [0.15, 0.2) is 0 Å². The van der Waals surface area contributed by atoms with Crippen molar-refractivity contribution >= 4 is 5.69 Å². The molecular formula is C14H22N2. The number of rotatable bonds is 1. The van der Waals surface area contributed by atoms with Gasteiger partial charge in [-0.2, -0.15) is 0 Å². The monoisotopic (exact) mass is 218 g/mol. The predicted molar refractivity (Wildman–Crippen MR) is 70.2 cm³/mol. The number of nitrogens with one attached hydrogen (secondary N) is 1. The molecule has 1 heterocycles. The number of nitrogens with zero attached hydrogens (tertiary/aromatic N) is 1. The van der Waals surface area contributed by atoms with Gasteiger partial charge >= 0.3 is 0 Å². The minimum atomic E-state index is 0.649. The zero-order valence-corrected chi connectivity index (χ0v) is 10.6. The molecule has 1 saturated heterocycles. The standard InChI is InChI=1S/C14H22N2/c1-11-4-5-14(12(2)10-11)16-8-6-13(3)15-7-9-16/h4-5,10,13,15H,6-9H2,1-3H3. The molecule has 88 valence electrons. The van der Waals surface area contributed by atoms with Crippen LogP contribution in [0.3, 0.4) is 0 Å². The highest BCUT2D eigenvalue weighted by Crippen LogP contribution is 2.22. The van der Waals surface area contributed by atoms with Crippen molar-refractivity contribution in [2.45, 2.75) is 33.2 Å². The van der Waals surface area contributed by atoms with Gasteiger partial charge in [-0.3, -0.25) is 0 Å². The Labute approximate surface area is 98.7 Å². The van der Waals surface area contributed by atoms with E-state index in [0.717, 1.165) is 19.6 Å². The van der Waals surface area contributed by atoms with Gasteiger partial charge in [-0.15, -0.1) is 0 Å². The number of aryl methyl sites for hydroxylation is 2. The maximum atomic E-state index is 3.53. The fraction of sp³-hybridized carbons (Fsp3) is 0.571. The summed E-state index contributed by atoms with van der Waals surface area (Å²) < 4.78 is 0. The van der Waals surface area contributed by atoms with Crippen molar-refractivity contribution in [3.8, 4) is 0 Å². The van der Waals surface area contributed by atoms with Crippen LogP contribution in [0, 0.1) is 13.8 Å². The van der Waals surface area contributed by atoms with E-state index in [-0.39, 0.29) is 0 Å². The van der Waals surface area contributed by atoms with Crippen molar-refractivity contribution in [1.82, 2.24) is 5.32 Å². The lowest BCUT2D eigenvalue weighted by molar-refractivity contribution is 0.566. The van der Waals surface area contributed by atoms with Crippen molar-refractivity contribution in [2.75, 3.05) is 24.5 Å². The summed E-state index contributed by atoms with van der Waals surface area (Å²) in [6, 6.07) is 7.40. The van der Waals surface area contributed by atoms with E-state index in [1.165, 1.54) is 23.2 Å². The van der Waals surface area contributed by atoms with E-state index in [9.17, 15) is 0 Å². The maximum Gasteiger partial charge on any atom is 0.0396 e. The summed E-state index contributed by atoms with van der Waals surface area (Å²) in [4.78, 5) is 2.51. The second-order valence-corrected chi connectivity index (χ2v) is 4.92. The first-order chi connectivity index (χ1) is 7.66. The lowest BCUT2D eigenvalue weighted by Gasteiger charge is -2.24. The average molecular weight is 218 g/mol. The first-order valence-corrected chi connectivity index (χ1v) is 6.22. The van der Waals surface area contributed by atoms with Crippen LogP contribution in [0.1, 0.15) is 24.5 Å². The van der Waals surface area contributed by atoms with Gasteiger partial charge in [-0.25, -0.2) is 0 Å². The molecule has 0 radical (unpaired) electrons. The molecular weight excluding hydrogens is 196 g/mol. The van der Waals surface area contributed by atoms with Crippen LogP contribution in [0.25, 0.3) is 0 Å². The predicted octanol–water partition coefficient (Wildman–Crippen LogP) is 2.49. The summed E-state index contributed by atoms with van der Waals surface area (Å²) >= 11 is 0.